The summed E-state index contributed by atoms with van der Waals surface area (Å²) < 4.78 is 5.23. The van der Waals surface area contributed by atoms with Crippen LogP contribution in [-0.2, 0) is 16.0 Å². The molecule has 0 fully saturated rings. The van der Waals surface area contributed by atoms with Gasteiger partial charge in [-0.1, -0.05) is 25.8 Å². The molecule has 5 N–H and O–H groups in total. The molecule has 0 amide bonds. The average Bonchev–Trinajstić information content (AvgIpc) is 2.84. The quantitative estimate of drug-likeness (QED) is 0.157. The third-order valence-corrected chi connectivity index (χ3v) is 6.07. The molecule has 0 saturated carbocycles. The minimum atomic E-state index is -0.411. The van der Waals surface area contributed by atoms with Crippen LogP contribution < -0.4 is 15.8 Å². The fraction of sp³-hybridized carbons (Fsp3) is 0.464. The standard InChI is InChI=1S/C28H39N3O5/c1-19(16-30-2)7-5-4-6-8-23(33)14-24(34)12-22(18-32)25-15-27(36-3)26(35)13-21(25)11-20-9-10-28(29)31-17-20/h9-10,12-13,15,17,19,30,32,35H,4-8,11,14,16,18H2,1-3H3,(H2,29,31)/t19-/m1/s1. The van der Waals surface area contributed by atoms with Crippen LogP contribution in [0.15, 0.2) is 36.5 Å². The first kappa shape index (κ1) is 29.0. The molecule has 0 unspecified atom stereocenters. The molecule has 0 radical (unpaired) electrons. The molecule has 196 valence electrons. The van der Waals surface area contributed by atoms with E-state index in [0.717, 1.165) is 37.8 Å². The molecule has 8 nitrogen and oxygen atoms in total. The first-order valence-corrected chi connectivity index (χ1v) is 12.4. The van der Waals surface area contributed by atoms with Crippen molar-refractivity contribution in [2.24, 2.45) is 5.92 Å². The van der Waals surface area contributed by atoms with E-state index in [0.29, 0.717) is 41.3 Å². The van der Waals surface area contributed by atoms with Crippen LogP contribution >= 0.6 is 0 Å². The maximum atomic E-state index is 12.7. The normalized spacial score (nSPS) is 12.4. The van der Waals surface area contributed by atoms with Crippen molar-refractivity contribution in [1.82, 2.24) is 10.3 Å². The van der Waals surface area contributed by atoms with Gasteiger partial charge in [0.2, 0.25) is 0 Å². The van der Waals surface area contributed by atoms with Crippen LogP contribution in [-0.4, -0.2) is 54.1 Å². The number of unbranched alkanes of at least 4 members (excludes halogenated alkanes) is 2. The number of hydrogen-bond acceptors (Lipinski definition) is 8. The van der Waals surface area contributed by atoms with Gasteiger partial charge in [-0.05, 0) is 85.3 Å². The number of phenols is 1. The summed E-state index contributed by atoms with van der Waals surface area (Å²) >= 11 is 0. The number of methoxy groups -OCH3 is 1. The van der Waals surface area contributed by atoms with E-state index >= 15 is 0 Å². The van der Waals surface area contributed by atoms with E-state index in [1.165, 1.54) is 13.2 Å². The minimum Gasteiger partial charge on any atom is -0.504 e. The highest BCUT2D eigenvalue weighted by atomic mass is 16.5. The van der Waals surface area contributed by atoms with Gasteiger partial charge in [-0.15, -0.1) is 0 Å². The highest BCUT2D eigenvalue weighted by molar-refractivity contribution is 6.07. The van der Waals surface area contributed by atoms with Gasteiger partial charge in [0.15, 0.2) is 17.3 Å². The number of nitrogens with zero attached hydrogens (tertiary/aromatic N) is 1. The Morgan fingerprint density at radius 2 is 2.00 bits per heavy atom. The number of phenolic OH excluding ortho intramolecular Hbond substituents is 1. The van der Waals surface area contributed by atoms with Crippen LogP contribution in [0, 0.1) is 5.92 Å². The number of ether oxygens (including phenoxy) is 1. The number of carbonyl (C=O) groups excluding carboxylic acids is 2. The second-order valence-electron chi connectivity index (χ2n) is 9.22. The van der Waals surface area contributed by atoms with Gasteiger partial charge in [0.05, 0.1) is 20.1 Å². The maximum Gasteiger partial charge on any atom is 0.163 e. The van der Waals surface area contributed by atoms with E-state index in [9.17, 15) is 19.8 Å². The van der Waals surface area contributed by atoms with Gasteiger partial charge in [0.1, 0.15) is 11.6 Å². The fourth-order valence-electron chi connectivity index (χ4n) is 4.16. The van der Waals surface area contributed by atoms with Crippen molar-refractivity contribution in [1.29, 1.82) is 0 Å². The van der Waals surface area contributed by atoms with Crippen LogP contribution in [0.4, 0.5) is 5.82 Å². The molecular weight excluding hydrogens is 458 g/mol. The van der Waals surface area contributed by atoms with Crippen LogP contribution in [0.5, 0.6) is 11.5 Å². The van der Waals surface area contributed by atoms with E-state index in [1.807, 2.05) is 13.1 Å². The summed E-state index contributed by atoms with van der Waals surface area (Å²) in [7, 11) is 3.37. The summed E-state index contributed by atoms with van der Waals surface area (Å²) in [5.41, 5.74) is 8.09. The molecule has 0 saturated heterocycles. The number of Topliss-reactive ketones (excluding diaryl/α,β-unsaturated/α-hetero) is 1. The van der Waals surface area contributed by atoms with Crippen molar-refractivity contribution in [3.05, 3.63) is 53.2 Å². The summed E-state index contributed by atoms with van der Waals surface area (Å²) in [6.45, 7) is 2.78. The van der Waals surface area contributed by atoms with Crippen LogP contribution in [0.3, 0.4) is 0 Å². The Hall–Kier alpha value is -3.23. The Morgan fingerprint density at radius 1 is 1.22 bits per heavy atom. The first-order chi connectivity index (χ1) is 17.3. The van der Waals surface area contributed by atoms with Crippen LogP contribution in [0.25, 0.3) is 5.57 Å². The summed E-state index contributed by atoms with van der Waals surface area (Å²) in [5.74, 6) is 0.696. The number of benzene rings is 1. The van der Waals surface area contributed by atoms with Gasteiger partial charge in [0, 0.05) is 12.6 Å². The number of carbonyl (C=O) groups is 2. The number of aliphatic hydroxyl groups is 1. The van der Waals surface area contributed by atoms with Gasteiger partial charge >= 0.3 is 0 Å². The molecule has 0 aliphatic carbocycles. The molecule has 0 bridgehead atoms. The smallest absolute Gasteiger partial charge is 0.163 e. The number of nitrogen functional groups attached to an aromatic ring is 1. The number of aromatic hydroxyl groups is 1. The molecule has 0 aliphatic heterocycles. The number of pyridine rings is 1. The van der Waals surface area contributed by atoms with Gasteiger partial charge in [-0.25, -0.2) is 4.98 Å². The summed E-state index contributed by atoms with van der Waals surface area (Å²) in [5, 5.41) is 23.5. The van der Waals surface area contributed by atoms with Gasteiger partial charge < -0.3 is 26.0 Å². The molecule has 2 rings (SSSR count). The van der Waals surface area contributed by atoms with Crippen molar-refractivity contribution in [2.45, 2.75) is 51.9 Å². The number of hydrogen-bond donors (Lipinski definition) is 4. The Bertz CT molecular complexity index is 1030. The van der Waals surface area contributed by atoms with E-state index in [-0.39, 0.29) is 29.5 Å². The molecule has 1 aromatic carbocycles. The number of allylic oxidation sites excluding steroid dienone is 1. The number of anilines is 1. The van der Waals surface area contributed by atoms with Crippen LogP contribution in [0.1, 0.15) is 62.1 Å². The van der Waals surface area contributed by atoms with Crippen LogP contribution in [0.2, 0.25) is 0 Å². The predicted octanol–water partition coefficient (Wildman–Crippen LogP) is 3.68. The number of ketones is 2. The monoisotopic (exact) mass is 497 g/mol. The molecule has 1 heterocycles. The third-order valence-electron chi connectivity index (χ3n) is 6.07. The Kier molecular flexibility index (Phi) is 12.1. The molecule has 2 aromatic rings. The lowest BCUT2D eigenvalue weighted by Crippen LogP contribution is -2.15. The molecule has 8 heteroatoms. The lowest BCUT2D eigenvalue weighted by atomic mass is 9.93. The molecule has 1 aromatic heterocycles. The number of aliphatic hydroxyl groups excluding tert-OH is 1. The largest absolute Gasteiger partial charge is 0.504 e. The lowest BCUT2D eigenvalue weighted by molar-refractivity contribution is -0.124. The van der Waals surface area contributed by atoms with E-state index in [1.54, 1.807) is 24.4 Å². The summed E-state index contributed by atoms with van der Waals surface area (Å²) in [6, 6.07) is 6.63. The second kappa shape index (κ2) is 15.0. The zero-order valence-corrected chi connectivity index (χ0v) is 21.5. The van der Waals surface area contributed by atoms with Crippen molar-refractivity contribution in [3.63, 3.8) is 0 Å². The SMILES string of the molecule is CNC[C@H](C)CCCCCC(=O)CC(=O)C=C(CO)c1cc(OC)c(O)cc1Cc1ccc(N)nc1. The topological polar surface area (TPSA) is 135 Å². The zero-order valence-electron chi connectivity index (χ0n) is 21.5. The second-order valence-corrected chi connectivity index (χ2v) is 9.22. The minimum absolute atomic E-state index is 0.0567. The predicted molar refractivity (Wildman–Crippen MR) is 142 cm³/mol. The van der Waals surface area contributed by atoms with E-state index in [4.69, 9.17) is 10.5 Å². The number of aromatic nitrogens is 1. The molecular formula is C28H39N3O5. The molecule has 1 atom stereocenters. The van der Waals surface area contributed by atoms with Crippen molar-refractivity contribution in [2.75, 3.05) is 33.0 Å². The zero-order chi connectivity index (χ0) is 26.5. The summed E-state index contributed by atoms with van der Waals surface area (Å²) in [6.07, 6.45) is 7.41. The lowest BCUT2D eigenvalue weighted by Gasteiger charge is -2.15. The van der Waals surface area contributed by atoms with Gasteiger partial charge in [-0.2, -0.15) is 0 Å². The van der Waals surface area contributed by atoms with Crippen molar-refractivity contribution in [3.8, 4) is 11.5 Å². The Morgan fingerprint density at radius 3 is 2.64 bits per heavy atom. The van der Waals surface area contributed by atoms with E-state index in [2.05, 4.69) is 17.2 Å². The number of nitrogens with one attached hydrogen (secondary N) is 1. The fourth-order valence-corrected chi connectivity index (χ4v) is 4.16. The Labute approximate surface area is 213 Å². The number of nitrogens with two attached hydrogens (primary N) is 1. The molecule has 0 aliphatic rings. The number of rotatable bonds is 16. The Balaban J connectivity index is 2.08. The highest BCUT2D eigenvalue weighted by Crippen LogP contribution is 2.34. The average molecular weight is 498 g/mol. The maximum absolute atomic E-state index is 12.7. The van der Waals surface area contributed by atoms with Gasteiger partial charge in [0.25, 0.3) is 0 Å². The van der Waals surface area contributed by atoms with Crippen molar-refractivity contribution < 1.29 is 24.5 Å². The molecule has 0 spiro atoms. The van der Waals surface area contributed by atoms with Crippen molar-refractivity contribution >= 4 is 23.0 Å². The highest BCUT2D eigenvalue weighted by Gasteiger charge is 2.16. The first-order valence-electron chi connectivity index (χ1n) is 12.4. The van der Waals surface area contributed by atoms with E-state index < -0.39 is 6.61 Å². The van der Waals surface area contributed by atoms with Gasteiger partial charge in [-0.3, -0.25) is 9.59 Å². The third kappa shape index (κ3) is 9.43. The summed E-state index contributed by atoms with van der Waals surface area (Å²) in [4.78, 5) is 29.1. The molecule has 36 heavy (non-hydrogen) atoms.